The molecule has 3 rings (SSSR count). The van der Waals surface area contributed by atoms with Gasteiger partial charge >= 0.3 is 0 Å². The van der Waals surface area contributed by atoms with Crippen LogP contribution in [0.15, 0.2) is 6.20 Å². The summed E-state index contributed by atoms with van der Waals surface area (Å²) in [7, 11) is 0. The molecule has 2 unspecified atom stereocenters. The molecule has 1 saturated carbocycles. The summed E-state index contributed by atoms with van der Waals surface area (Å²) >= 11 is 0. The monoisotopic (exact) mass is 258 g/mol. The van der Waals surface area contributed by atoms with Crippen LogP contribution in [0.1, 0.15) is 31.7 Å². The third-order valence-electron chi connectivity index (χ3n) is 4.28. The molecule has 19 heavy (non-hydrogen) atoms. The Labute approximate surface area is 110 Å². The molecular weight excluding hydrogens is 244 g/mol. The van der Waals surface area contributed by atoms with Crippen LogP contribution < -0.4 is 4.90 Å². The third kappa shape index (κ3) is 1.58. The van der Waals surface area contributed by atoms with Gasteiger partial charge in [-0.05, 0) is 18.8 Å². The molecule has 0 aromatic carbocycles. The lowest BCUT2D eigenvalue weighted by molar-refractivity contribution is -0.123. The summed E-state index contributed by atoms with van der Waals surface area (Å²) in [5, 5.41) is 15.3. The maximum atomic E-state index is 12.4. The lowest BCUT2D eigenvalue weighted by Crippen LogP contribution is -2.33. The number of aromatic nitrogens is 2. The first-order chi connectivity index (χ1) is 9.17. The molecule has 1 N–H and O–H groups in total. The second kappa shape index (κ2) is 4.19. The highest BCUT2D eigenvalue weighted by atomic mass is 16.2. The summed E-state index contributed by atoms with van der Waals surface area (Å²) in [5.41, 5.74) is 0.230. The van der Waals surface area contributed by atoms with Crippen molar-refractivity contribution in [3.8, 4) is 6.07 Å². The van der Waals surface area contributed by atoms with Gasteiger partial charge in [0.25, 0.3) is 0 Å². The molecule has 0 spiro atoms. The molecule has 1 aliphatic carbocycles. The van der Waals surface area contributed by atoms with Gasteiger partial charge in [0.05, 0.1) is 18.0 Å². The Bertz CT molecular complexity index is 562. The maximum Gasteiger partial charge on any atom is 0.238 e. The molecular formula is C13H14N4O2. The Morgan fingerprint density at radius 2 is 2.05 bits per heavy atom. The first-order valence-electron chi connectivity index (χ1n) is 6.48. The van der Waals surface area contributed by atoms with Gasteiger partial charge in [-0.15, -0.1) is 0 Å². The molecule has 1 aromatic heterocycles. The quantitative estimate of drug-likeness (QED) is 0.807. The van der Waals surface area contributed by atoms with Gasteiger partial charge in [0, 0.05) is 0 Å². The predicted octanol–water partition coefficient (Wildman–Crippen LogP) is 1.21. The van der Waals surface area contributed by atoms with Gasteiger partial charge < -0.3 is 0 Å². The van der Waals surface area contributed by atoms with Crippen LogP contribution in [0.3, 0.4) is 0 Å². The lowest BCUT2D eigenvalue weighted by Gasteiger charge is -2.15. The maximum absolute atomic E-state index is 12.4. The number of carbonyl (C=O) groups is 2. The van der Waals surface area contributed by atoms with E-state index in [0.29, 0.717) is 5.92 Å². The average molecular weight is 258 g/mol. The van der Waals surface area contributed by atoms with Crippen molar-refractivity contribution in [2.45, 2.75) is 26.2 Å². The Morgan fingerprint density at radius 3 is 2.58 bits per heavy atom. The summed E-state index contributed by atoms with van der Waals surface area (Å²) in [6.45, 7) is 2.08. The van der Waals surface area contributed by atoms with Crippen molar-refractivity contribution in [2.75, 3.05) is 4.90 Å². The van der Waals surface area contributed by atoms with E-state index in [1.807, 2.05) is 6.07 Å². The van der Waals surface area contributed by atoms with Gasteiger partial charge in [-0.2, -0.15) is 10.4 Å². The number of imide groups is 1. The first-order valence-corrected chi connectivity index (χ1v) is 6.48. The molecule has 6 nitrogen and oxygen atoms in total. The van der Waals surface area contributed by atoms with Crippen LogP contribution in [0.25, 0.3) is 0 Å². The van der Waals surface area contributed by atoms with Crippen molar-refractivity contribution < 1.29 is 9.59 Å². The molecule has 2 heterocycles. The van der Waals surface area contributed by atoms with Crippen molar-refractivity contribution in [1.29, 1.82) is 5.26 Å². The highest BCUT2D eigenvalue weighted by Gasteiger charge is 2.53. The molecule has 0 radical (unpaired) electrons. The molecule has 2 fully saturated rings. The van der Waals surface area contributed by atoms with Crippen LogP contribution in [-0.4, -0.2) is 22.0 Å². The van der Waals surface area contributed by atoms with Crippen molar-refractivity contribution in [1.82, 2.24) is 10.2 Å². The van der Waals surface area contributed by atoms with Gasteiger partial charge in [0.1, 0.15) is 11.6 Å². The van der Waals surface area contributed by atoms with Crippen LogP contribution in [0.4, 0.5) is 5.82 Å². The molecule has 0 bridgehead atoms. The van der Waals surface area contributed by atoms with E-state index < -0.39 is 0 Å². The minimum absolute atomic E-state index is 0.188. The fraction of sp³-hybridized carbons (Fsp3) is 0.538. The van der Waals surface area contributed by atoms with Crippen molar-refractivity contribution >= 4 is 17.6 Å². The summed E-state index contributed by atoms with van der Waals surface area (Å²) in [4.78, 5) is 25.9. The summed E-state index contributed by atoms with van der Waals surface area (Å²) in [5.74, 6) is -0.125. The smallest absolute Gasteiger partial charge is 0.238 e. The fourth-order valence-corrected chi connectivity index (χ4v) is 3.21. The van der Waals surface area contributed by atoms with E-state index in [1.54, 1.807) is 0 Å². The molecule has 2 amide bonds. The zero-order valence-electron chi connectivity index (χ0n) is 10.6. The number of nitrogens with zero attached hydrogens (tertiary/aromatic N) is 3. The highest BCUT2D eigenvalue weighted by Crippen LogP contribution is 2.45. The number of fused-ring (bicyclic) bond motifs is 1. The van der Waals surface area contributed by atoms with Crippen LogP contribution >= 0.6 is 0 Å². The predicted molar refractivity (Wildman–Crippen MR) is 65.8 cm³/mol. The number of H-pyrrole nitrogens is 1. The Hall–Kier alpha value is -2.16. The van der Waals surface area contributed by atoms with E-state index >= 15 is 0 Å². The SMILES string of the molecule is CCC1CC2C(=O)N(c3[nH]ncc3C#N)C(=O)C2C1. The Kier molecular flexibility index (Phi) is 2.63. The number of nitriles is 1. The zero-order valence-corrected chi connectivity index (χ0v) is 10.6. The number of anilines is 1. The molecule has 2 atom stereocenters. The Morgan fingerprint density at radius 1 is 1.42 bits per heavy atom. The van der Waals surface area contributed by atoms with Gasteiger partial charge in [-0.25, -0.2) is 4.90 Å². The average Bonchev–Trinajstić information content (AvgIpc) is 3.08. The summed E-state index contributed by atoms with van der Waals surface area (Å²) in [6, 6.07) is 1.94. The zero-order chi connectivity index (χ0) is 13.6. The number of nitrogens with one attached hydrogen (secondary N) is 1. The van der Waals surface area contributed by atoms with Gasteiger partial charge in [-0.1, -0.05) is 13.3 Å². The molecule has 98 valence electrons. The number of carbonyl (C=O) groups excluding carboxylic acids is 2. The van der Waals surface area contributed by atoms with Crippen LogP contribution in [0.5, 0.6) is 0 Å². The van der Waals surface area contributed by atoms with Crippen molar-refractivity contribution in [3.05, 3.63) is 11.8 Å². The second-order valence-electron chi connectivity index (χ2n) is 5.21. The third-order valence-corrected chi connectivity index (χ3v) is 4.28. The number of hydrogen-bond donors (Lipinski definition) is 1. The molecule has 1 saturated heterocycles. The standard InChI is InChI=1S/C13H14N4O2/c1-2-7-3-9-10(4-7)13(19)17(12(9)18)11-8(5-14)6-15-16-11/h6-7,9-10H,2-4H2,1H3,(H,15,16). The van der Waals surface area contributed by atoms with Crippen LogP contribution in [0, 0.1) is 29.1 Å². The van der Waals surface area contributed by atoms with E-state index in [9.17, 15) is 9.59 Å². The normalized spacial score (nSPS) is 29.7. The van der Waals surface area contributed by atoms with E-state index in [1.165, 1.54) is 6.20 Å². The molecule has 6 heteroatoms. The Balaban J connectivity index is 1.94. The van der Waals surface area contributed by atoms with E-state index in [0.717, 1.165) is 24.2 Å². The topological polar surface area (TPSA) is 89.8 Å². The number of hydrogen-bond acceptors (Lipinski definition) is 4. The van der Waals surface area contributed by atoms with E-state index in [4.69, 9.17) is 5.26 Å². The number of amides is 2. The molecule has 1 aliphatic heterocycles. The summed E-state index contributed by atoms with van der Waals surface area (Å²) < 4.78 is 0. The number of aromatic amines is 1. The first kappa shape index (κ1) is 11.9. The fourth-order valence-electron chi connectivity index (χ4n) is 3.21. The highest BCUT2D eigenvalue weighted by molar-refractivity contribution is 6.22. The molecule has 1 aromatic rings. The second-order valence-corrected chi connectivity index (χ2v) is 5.21. The van der Waals surface area contributed by atoms with E-state index in [2.05, 4.69) is 17.1 Å². The van der Waals surface area contributed by atoms with E-state index in [-0.39, 0.29) is 35.0 Å². The number of rotatable bonds is 2. The van der Waals surface area contributed by atoms with Crippen LogP contribution in [0.2, 0.25) is 0 Å². The lowest BCUT2D eigenvalue weighted by atomic mass is 10.00. The van der Waals surface area contributed by atoms with Crippen LogP contribution in [-0.2, 0) is 9.59 Å². The summed E-state index contributed by atoms with van der Waals surface area (Å²) in [6.07, 6.45) is 3.89. The minimum Gasteiger partial charge on any atom is -0.274 e. The largest absolute Gasteiger partial charge is 0.274 e. The molecule has 2 aliphatic rings. The van der Waals surface area contributed by atoms with Crippen molar-refractivity contribution in [2.24, 2.45) is 17.8 Å². The van der Waals surface area contributed by atoms with Crippen molar-refractivity contribution in [3.63, 3.8) is 0 Å². The van der Waals surface area contributed by atoms with Gasteiger partial charge in [0.15, 0.2) is 5.82 Å². The minimum atomic E-state index is -0.215. The van der Waals surface area contributed by atoms with Gasteiger partial charge in [-0.3, -0.25) is 14.7 Å². The van der Waals surface area contributed by atoms with Gasteiger partial charge in [0.2, 0.25) is 11.8 Å².